The molecule has 0 fully saturated rings. The first-order valence-electron chi connectivity index (χ1n) is 5.02. The number of carbonyl (C=O) groups excluding carboxylic acids is 1. The summed E-state index contributed by atoms with van der Waals surface area (Å²) in [5, 5.41) is 8.32. The third-order valence-corrected chi connectivity index (χ3v) is 2.30. The zero-order valence-electron chi connectivity index (χ0n) is 9.58. The Kier molecular flexibility index (Phi) is 14.0. The maximum atomic E-state index is 10.4. The molecule has 0 bridgehead atoms. The van der Waals surface area contributed by atoms with Crippen molar-refractivity contribution in [1.82, 2.24) is 0 Å². The van der Waals surface area contributed by atoms with Crippen LogP contribution in [0.25, 0.3) is 0 Å². The Bertz CT molecular complexity index is 164. The molecule has 87 valence electrons. The number of ketones is 1. The standard InChI is InChI=1S/C6H10O3.C4H9O.Zr/c1-3-5(4(2)7)6(8)9;1-2-3-4-5;/h5H,3H2,1-2H3,(H,8,9);2-4H2,1H3;/q;-1;+1. The second-order valence-electron chi connectivity index (χ2n) is 3.11. The van der Waals surface area contributed by atoms with E-state index in [1.165, 1.54) is 44.9 Å². The maximum absolute atomic E-state index is 10.4. The zero-order valence-corrected chi connectivity index (χ0v) is 12.0. The second kappa shape index (κ2) is 12.1. The molecule has 1 atom stereocenters. The molecule has 0 amide bonds. The fourth-order valence-electron chi connectivity index (χ4n) is 0.852. The van der Waals surface area contributed by atoms with Gasteiger partial charge in [-0.25, -0.2) is 0 Å². The number of hydrogen-bond acceptors (Lipinski definition) is 3. The van der Waals surface area contributed by atoms with Crippen LogP contribution in [0.1, 0.15) is 40.0 Å². The molecule has 0 spiro atoms. The molecule has 0 aromatic heterocycles. The molecule has 0 saturated heterocycles. The van der Waals surface area contributed by atoms with Crippen LogP contribution in [0.5, 0.6) is 0 Å². The molecule has 5 heteroatoms. The van der Waals surface area contributed by atoms with Crippen LogP contribution in [0.15, 0.2) is 0 Å². The molecule has 0 heterocycles. The third kappa shape index (κ3) is 11.9. The number of carbonyl (C=O) groups is 2. The van der Waals surface area contributed by atoms with Gasteiger partial charge in [0.05, 0.1) is 0 Å². The molecule has 15 heavy (non-hydrogen) atoms. The van der Waals surface area contributed by atoms with E-state index in [1.54, 1.807) is 6.92 Å². The summed E-state index contributed by atoms with van der Waals surface area (Å²) in [6.45, 7) is 6.09. The van der Waals surface area contributed by atoms with Gasteiger partial charge in [-0.05, 0) is 13.3 Å². The van der Waals surface area contributed by atoms with Crippen LogP contribution in [0.4, 0.5) is 0 Å². The van der Waals surface area contributed by atoms with Crippen molar-refractivity contribution >= 4 is 11.8 Å². The average Bonchev–Trinajstić information content (AvgIpc) is 2.15. The number of Topliss-reactive ketones (excluding diaryl/α,β-unsaturated/α-hetero) is 1. The van der Waals surface area contributed by atoms with Gasteiger partial charge in [-0.3, -0.25) is 9.59 Å². The number of carboxylic acids is 1. The van der Waals surface area contributed by atoms with Crippen molar-refractivity contribution in [2.45, 2.75) is 40.0 Å². The third-order valence-electron chi connectivity index (χ3n) is 1.80. The average molecular weight is 294 g/mol. The molecular weight excluding hydrogens is 275 g/mol. The SMILES string of the molecule is CCC(C(C)=O)C(=O)O.CCCC[O][Zr]. The molecule has 0 aromatic rings. The number of carboxylic acid groups (broad SMARTS) is 1. The summed E-state index contributed by atoms with van der Waals surface area (Å²) in [6, 6.07) is 0. The van der Waals surface area contributed by atoms with Crippen LogP contribution in [0.3, 0.4) is 0 Å². The molecule has 1 unspecified atom stereocenters. The van der Waals surface area contributed by atoms with E-state index < -0.39 is 11.9 Å². The van der Waals surface area contributed by atoms with Gasteiger partial charge in [-0.15, -0.1) is 0 Å². The summed E-state index contributed by atoms with van der Waals surface area (Å²) >= 11 is 1.19. The van der Waals surface area contributed by atoms with Crippen molar-refractivity contribution in [3.8, 4) is 0 Å². The molecule has 1 N–H and O–H groups in total. The van der Waals surface area contributed by atoms with Crippen molar-refractivity contribution < 1.29 is 42.7 Å². The molecular formula is C10H19O4Zr. The predicted molar refractivity (Wildman–Crippen MR) is 53.0 cm³/mol. The monoisotopic (exact) mass is 293 g/mol. The first kappa shape index (κ1) is 17.4. The van der Waals surface area contributed by atoms with Gasteiger partial charge < -0.3 is 5.11 Å². The van der Waals surface area contributed by atoms with Crippen molar-refractivity contribution in [2.75, 3.05) is 6.61 Å². The van der Waals surface area contributed by atoms with Gasteiger partial charge in [0.2, 0.25) is 0 Å². The first-order valence-corrected chi connectivity index (χ1v) is 6.03. The Morgan fingerprint density at radius 2 is 1.93 bits per heavy atom. The van der Waals surface area contributed by atoms with Gasteiger partial charge >= 0.3 is 60.3 Å². The Hall–Kier alpha value is -0.0169. The minimum atomic E-state index is -1.02. The fraction of sp³-hybridized carbons (Fsp3) is 0.800. The van der Waals surface area contributed by atoms with Crippen LogP contribution in [0.2, 0.25) is 0 Å². The van der Waals surface area contributed by atoms with E-state index >= 15 is 0 Å². The van der Waals surface area contributed by atoms with Gasteiger partial charge in [0.15, 0.2) is 0 Å². The molecule has 0 aliphatic rings. The Morgan fingerprint density at radius 1 is 1.40 bits per heavy atom. The molecule has 0 radical (unpaired) electrons. The summed E-state index contributed by atoms with van der Waals surface area (Å²) in [4.78, 5) is 20.6. The molecule has 0 aliphatic heterocycles. The van der Waals surface area contributed by atoms with Crippen molar-refractivity contribution in [2.24, 2.45) is 5.92 Å². The van der Waals surface area contributed by atoms with E-state index in [1.807, 2.05) is 0 Å². The van der Waals surface area contributed by atoms with Gasteiger partial charge in [0, 0.05) is 0 Å². The van der Waals surface area contributed by atoms with E-state index in [-0.39, 0.29) is 5.78 Å². The van der Waals surface area contributed by atoms with Crippen LogP contribution in [0, 0.1) is 5.92 Å². The Morgan fingerprint density at radius 3 is 2.00 bits per heavy atom. The Labute approximate surface area is 107 Å². The van der Waals surface area contributed by atoms with Gasteiger partial charge in [0.25, 0.3) is 0 Å². The van der Waals surface area contributed by atoms with E-state index in [0.717, 1.165) is 6.61 Å². The van der Waals surface area contributed by atoms with Crippen molar-refractivity contribution in [3.05, 3.63) is 0 Å². The summed E-state index contributed by atoms with van der Waals surface area (Å²) in [7, 11) is 0. The van der Waals surface area contributed by atoms with Crippen LogP contribution in [-0.4, -0.2) is 23.5 Å². The number of hydrogen-bond donors (Lipinski definition) is 1. The summed E-state index contributed by atoms with van der Waals surface area (Å²) < 4.78 is 4.87. The first-order chi connectivity index (χ1) is 7.01. The van der Waals surface area contributed by atoms with E-state index in [0.29, 0.717) is 6.42 Å². The number of rotatable bonds is 6. The molecule has 0 saturated carbocycles. The van der Waals surface area contributed by atoms with Crippen molar-refractivity contribution in [3.63, 3.8) is 0 Å². The summed E-state index contributed by atoms with van der Waals surface area (Å²) in [5.74, 6) is -2.10. The minimum absolute atomic E-state index is 0.273. The summed E-state index contributed by atoms with van der Waals surface area (Å²) in [6.07, 6.45) is 2.84. The van der Waals surface area contributed by atoms with Crippen molar-refractivity contribution in [1.29, 1.82) is 0 Å². The van der Waals surface area contributed by atoms with Gasteiger partial charge in [0.1, 0.15) is 11.7 Å². The van der Waals surface area contributed by atoms with Gasteiger partial charge in [-0.1, -0.05) is 6.92 Å². The topological polar surface area (TPSA) is 63.6 Å². The predicted octanol–water partition coefficient (Wildman–Crippen LogP) is 1.95. The number of unbranched alkanes of at least 4 members (excludes halogenated alkanes) is 1. The second-order valence-corrected chi connectivity index (χ2v) is 3.82. The quantitative estimate of drug-likeness (QED) is 0.601. The summed E-state index contributed by atoms with van der Waals surface area (Å²) in [5.41, 5.74) is 0. The number of aliphatic carboxylic acids is 1. The molecule has 0 rings (SSSR count). The van der Waals surface area contributed by atoms with E-state index in [9.17, 15) is 9.59 Å². The van der Waals surface area contributed by atoms with E-state index in [2.05, 4.69) is 6.92 Å². The Balaban J connectivity index is 0. The van der Waals surface area contributed by atoms with Crippen LogP contribution in [-0.2, 0) is 37.6 Å². The van der Waals surface area contributed by atoms with E-state index in [4.69, 9.17) is 7.92 Å². The van der Waals surface area contributed by atoms with Crippen LogP contribution >= 0.6 is 0 Å². The normalized spacial score (nSPS) is 11.1. The fourth-order valence-corrected chi connectivity index (χ4v) is 1.21. The van der Waals surface area contributed by atoms with Gasteiger partial charge in [-0.2, -0.15) is 0 Å². The molecule has 0 aromatic carbocycles. The zero-order chi connectivity index (χ0) is 12.3. The molecule has 4 nitrogen and oxygen atoms in total. The van der Waals surface area contributed by atoms with Crippen LogP contribution < -0.4 is 0 Å². The molecule has 0 aliphatic carbocycles.